The number of sulfonamides is 1. The Balaban J connectivity index is 1.50. The van der Waals surface area contributed by atoms with E-state index in [1.807, 2.05) is 0 Å². The summed E-state index contributed by atoms with van der Waals surface area (Å²) in [5, 5.41) is 13.5. The molecule has 2 aromatic carbocycles. The molecule has 1 heterocycles. The third-order valence-electron chi connectivity index (χ3n) is 4.84. The maximum atomic E-state index is 12.6. The van der Waals surface area contributed by atoms with Crippen LogP contribution in [-0.4, -0.2) is 49.8 Å². The van der Waals surface area contributed by atoms with Crippen molar-refractivity contribution in [2.75, 3.05) is 26.2 Å². The SMILES string of the molecule is O=C(NCCOc1ccc(S(=O)(=O)N2CCCCC2)cc1)c1ccc(Cl)c([N+](=O)[O-])c1. The molecule has 166 valence electrons. The standard InChI is InChI=1S/C20H22ClN3O6S/c21-18-9-4-15(14-19(18)24(26)27)20(25)22-10-13-30-16-5-7-17(8-6-16)31(28,29)23-11-2-1-3-12-23/h4-9,14H,1-3,10-13H2,(H,22,25). The number of ether oxygens (including phenoxy) is 1. The third-order valence-corrected chi connectivity index (χ3v) is 7.07. The average Bonchev–Trinajstić information content (AvgIpc) is 2.77. The first-order chi connectivity index (χ1) is 14.8. The van der Waals surface area contributed by atoms with Crippen LogP contribution >= 0.6 is 11.6 Å². The van der Waals surface area contributed by atoms with Crippen molar-refractivity contribution in [1.82, 2.24) is 9.62 Å². The largest absolute Gasteiger partial charge is 0.492 e. The summed E-state index contributed by atoms with van der Waals surface area (Å²) >= 11 is 5.74. The van der Waals surface area contributed by atoms with E-state index >= 15 is 0 Å². The molecule has 2 aromatic rings. The van der Waals surface area contributed by atoms with E-state index in [2.05, 4.69) is 5.32 Å². The van der Waals surface area contributed by atoms with Gasteiger partial charge in [0.25, 0.3) is 11.6 Å². The van der Waals surface area contributed by atoms with E-state index in [0.29, 0.717) is 18.8 Å². The summed E-state index contributed by atoms with van der Waals surface area (Å²) in [7, 11) is -3.50. The predicted molar refractivity (Wildman–Crippen MR) is 115 cm³/mol. The molecular weight excluding hydrogens is 446 g/mol. The number of halogens is 1. The van der Waals surface area contributed by atoms with Crippen LogP contribution < -0.4 is 10.1 Å². The summed E-state index contributed by atoms with van der Waals surface area (Å²) in [4.78, 5) is 22.6. The Hall–Kier alpha value is -2.69. The molecule has 11 heteroatoms. The zero-order valence-electron chi connectivity index (χ0n) is 16.6. The van der Waals surface area contributed by atoms with Crippen LogP contribution in [0, 0.1) is 10.1 Å². The Labute approximate surface area is 185 Å². The van der Waals surface area contributed by atoms with Gasteiger partial charge in [-0.25, -0.2) is 8.42 Å². The number of carbonyl (C=O) groups excluding carboxylic acids is 1. The summed E-state index contributed by atoms with van der Waals surface area (Å²) in [5.41, 5.74) is -0.228. The van der Waals surface area contributed by atoms with Crippen LogP contribution in [0.25, 0.3) is 0 Å². The monoisotopic (exact) mass is 467 g/mol. The van der Waals surface area contributed by atoms with Crippen molar-refractivity contribution in [2.24, 2.45) is 0 Å². The highest BCUT2D eigenvalue weighted by atomic mass is 35.5. The minimum Gasteiger partial charge on any atom is -0.492 e. The van der Waals surface area contributed by atoms with Gasteiger partial charge in [0.05, 0.1) is 16.4 Å². The lowest BCUT2D eigenvalue weighted by Crippen LogP contribution is -2.35. The Morgan fingerprint density at radius 1 is 1.13 bits per heavy atom. The fraction of sp³-hybridized carbons (Fsp3) is 0.350. The molecule has 0 atom stereocenters. The molecule has 0 aliphatic carbocycles. The normalized spacial score (nSPS) is 14.7. The molecule has 1 amide bonds. The molecule has 1 N–H and O–H groups in total. The van der Waals surface area contributed by atoms with Gasteiger partial charge < -0.3 is 10.1 Å². The van der Waals surface area contributed by atoms with Crippen LogP contribution in [0.3, 0.4) is 0 Å². The van der Waals surface area contributed by atoms with Gasteiger partial charge in [0.15, 0.2) is 0 Å². The van der Waals surface area contributed by atoms with Gasteiger partial charge in [-0.15, -0.1) is 0 Å². The zero-order valence-corrected chi connectivity index (χ0v) is 18.2. The molecule has 0 spiro atoms. The molecule has 3 rings (SSSR count). The Morgan fingerprint density at radius 2 is 1.81 bits per heavy atom. The number of nitro benzene ring substituents is 1. The van der Waals surface area contributed by atoms with E-state index in [-0.39, 0.29) is 34.3 Å². The first-order valence-corrected chi connectivity index (χ1v) is 11.6. The second kappa shape index (κ2) is 10.1. The molecule has 0 radical (unpaired) electrons. The van der Waals surface area contributed by atoms with Gasteiger partial charge >= 0.3 is 0 Å². The van der Waals surface area contributed by atoms with Crippen molar-refractivity contribution in [3.63, 3.8) is 0 Å². The minimum atomic E-state index is -3.50. The predicted octanol–water partition coefficient (Wildman–Crippen LogP) is 3.23. The summed E-state index contributed by atoms with van der Waals surface area (Å²) in [6.45, 7) is 1.37. The van der Waals surface area contributed by atoms with E-state index < -0.39 is 20.9 Å². The highest BCUT2D eigenvalue weighted by molar-refractivity contribution is 7.89. The fourth-order valence-corrected chi connectivity index (χ4v) is 4.90. The lowest BCUT2D eigenvalue weighted by Gasteiger charge is -2.25. The number of benzene rings is 2. The van der Waals surface area contributed by atoms with Crippen LogP contribution in [0.15, 0.2) is 47.4 Å². The topological polar surface area (TPSA) is 119 Å². The number of carbonyl (C=O) groups is 1. The maximum Gasteiger partial charge on any atom is 0.288 e. The maximum absolute atomic E-state index is 12.6. The van der Waals surface area contributed by atoms with Crippen molar-refractivity contribution >= 4 is 33.2 Å². The molecule has 1 saturated heterocycles. The summed E-state index contributed by atoms with van der Waals surface area (Å²) in [6.07, 6.45) is 2.79. The highest BCUT2D eigenvalue weighted by Crippen LogP contribution is 2.25. The second-order valence-electron chi connectivity index (χ2n) is 6.96. The van der Waals surface area contributed by atoms with Gasteiger partial charge in [-0.3, -0.25) is 14.9 Å². The number of rotatable bonds is 8. The lowest BCUT2D eigenvalue weighted by atomic mass is 10.2. The van der Waals surface area contributed by atoms with E-state index in [1.165, 1.54) is 28.6 Å². The third kappa shape index (κ3) is 5.72. The van der Waals surface area contributed by atoms with E-state index in [4.69, 9.17) is 16.3 Å². The van der Waals surface area contributed by atoms with Crippen LogP contribution in [0.1, 0.15) is 29.6 Å². The second-order valence-corrected chi connectivity index (χ2v) is 9.31. The van der Waals surface area contributed by atoms with Crippen LogP contribution in [0.4, 0.5) is 5.69 Å². The minimum absolute atomic E-state index is 0.0457. The average molecular weight is 468 g/mol. The van der Waals surface area contributed by atoms with Crippen LogP contribution in [-0.2, 0) is 10.0 Å². The number of nitrogens with zero attached hydrogens (tertiary/aromatic N) is 2. The fourth-order valence-electron chi connectivity index (χ4n) is 3.19. The highest BCUT2D eigenvalue weighted by Gasteiger charge is 2.25. The smallest absolute Gasteiger partial charge is 0.288 e. The van der Waals surface area contributed by atoms with E-state index in [9.17, 15) is 23.3 Å². The molecule has 0 aromatic heterocycles. The zero-order chi connectivity index (χ0) is 22.4. The summed E-state index contributed by atoms with van der Waals surface area (Å²) in [5.74, 6) is -0.0275. The van der Waals surface area contributed by atoms with Crippen molar-refractivity contribution in [3.05, 3.63) is 63.2 Å². The van der Waals surface area contributed by atoms with Crippen LogP contribution in [0.2, 0.25) is 5.02 Å². The van der Waals surface area contributed by atoms with Gasteiger partial charge in [-0.2, -0.15) is 4.31 Å². The summed E-state index contributed by atoms with van der Waals surface area (Å²) < 4.78 is 32.3. The molecule has 1 fully saturated rings. The molecule has 0 saturated carbocycles. The van der Waals surface area contributed by atoms with E-state index in [1.54, 1.807) is 12.1 Å². The molecule has 1 aliphatic rings. The van der Waals surface area contributed by atoms with Gasteiger partial charge in [0.2, 0.25) is 10.0 Å². The van der Waals surface area contributed by atoms with Crippen molar-refractivity contribution < 1.29 is 22.9 Å². The Kier molecular flexibility index (Phi) is 7.47. The van der Waals surface area contributed by atoms with E-state index in [0.717, 1.165) is 25.3 Å². The van der Waals surface area contributed by atoms with Crippen molar-refractivity contribution in [2.45, 2.75) is 24.2 Å². The van der Waals surface area contributed by atoms with Crippen molar-refractivity contribution in [3.8, 4) is 5.75 Å². The molecule has 9 nitrogen and oxygen atoms in total. The Bertz CT molecular complexity index is 1050. The van der Waals surface area contributed by atoms with Gasteiger partial charge in [-0.1, -0.05) is 18.0 Å². The molecule has 1 aliphatic heterocycles. The number of nitro groups is 1. The number of piperidine rings is 1. The van der Waals surface area contributed by atoms with Crippen LogP contribution in [0.5, 0.6) is 5.75 Å². The first-order valence-electron chi connectivity index (χ1n) is 9.74. The number of hydrogen-bond acceptors (Lipinski definition) is 6. The lowest BCUT2D eigenvalue weighted by molar-refractivity contribution is -0.384. The Morgan fingerprint density at radius 3 is 2.45 bits per heavy atom. The number of nitrogens with one attached hydrogen (secondary N) is 1. The van der Waals surface area contributed by atoms with Gasteiger partial charge in [-0.05, 0) is 49.2 Å². The molecule has 0 bridgehead atoms. The first kappa shape index (κ1) is 23.0. The molecule has 0 unspecified atom stereocenters. The molecular formula is C20H22ClN3O6S. The van der Waals surface area contributed by atoms with Gasteiger partial charge in [0, 0.05) is 24.7 Å². The number of amides is 1. The van der Waals surface area contributed by atoms with Crippen molar-refractivity contribution in [1.29, 1.82) is 0 Å². The van der Waals surface area contributed by atoms with Gasteiger partial charge in [0.1, 0.15) is 17.4 Å². The number of hydrogen-bond donors (Lipinski definition) is 1. The molecule has 31 heavy (non-hydrogen) atoms. The summed E-state index contributed by atoms with van der Waals surface area (Å²) in [6, 6.07) is 9.95. The quantitative estimate of drug-likeness (QED) is 0.361.